The van der Waals surface area contributed by atoms with E-state index in [4.69, 9.17) is 14.2 Å². The summed E-state index contributed by atoms with van der Waals surface area (Å²) < 4.78 is 16.9. The zero-order valence-electron chi connectivity index (χ0n) is 43.4. The molecule has 0 saturated carbocycles. The van der Waals surface area contributed by atoms with E-state index in [0.717, 1.165) is 75.5 Å². The third-order valence-electron chi connectivity index (χ3n) is 13.3. The van der Waals surface area contributed by atoms with Gasteiger partial charge in [0.15, 0.2) is 6.10 Å². The second-order valence-electron chi connectivity index (χ2n) is 20.8. The fraction of sp³-hybridized carbons (Fsp3) is 0.947. The molecule has 0 bridgehead atoms. The maximum Gasteiger partial charge on any atom is 0.306 e. The van der Waals surface area contributed by atoms with Gasteiger partial charge in [-0.3, -0.25) is 14.4 Å². The van der Waals surface area contributed by atoms with Crippen LogP contribution in [0.25, 0.3) is 0 Å². The minimum absolute atomic E-state index is 0.0641. The van der Waals surface area contributed by atoms with Crippen LogP contribution in [0, 0.1) is 17.8 Å². The smallest absolute Gasteiger partial charge is 0.306 e. The third-order valence-corrected chi connectivity index (χ3v) is 13.3. The highest BCUT2D eigenvalue weighted by Crippen LogP contribution is 2.18. The van der Waals surface area contributed by atoms with E-state index >= 15 is 0 Å². The standard InChI is InChI=1S/C57H110O6/c1-7-53(6)45-39-33-27-21-16-18-23-29-35-41-47-56(59)62-50-54(49-61-55(58)46-40-34-28-22-17-15-20-26-32-38-44-52(4)5)63-57(60)48-42-36-30-24-14-12-10-8-9-11-13-19-25-31-37-43-51(2)3/h51-54H,7-50H2,1-6H3/t53?,54-/m0/s1. The highest BCUT2D eigenvalue weighted by atomic mass is 16.6. The van der Waals surface area contributed by atoms with Crippen molar-refractivity contribution in [2.45, 2.75) is 317 Å². The Hall–Kier alpha value is -1.59. The summed E-state index contributed by atoms with van der Waals surface area (Å²) in [6.07, 6.45) is 49.4. The van der Waals surface area contributed by atoms with Crippen LogP contribution in [-0.4, -0.2) is 37.2 Å². The van der Waals surface area contributed by atoms with Gasteiger partial charge in [-0.1, -0.05) is 273 Å². The van der Waals surface area contributed by atoms with Gasteiger partial charge >= 0.3 is 17.9 Å². The minimum atomic E-state index is -0.763. The molecule has 0 spiro atoms. The van der Waals surface area contributed by atoms with Gasteiger partial charge in [0.25, 0.3) is 0 Å². The van der Waals surface area contributed by atoms with E-state index in [1.807, 2.05) is 0 Å². The number of hydrogen-bond acceptors (Lipinski definition) is 6. The highest BCUT2D eigenvalue weighted by molar-refractivity contribution is 5.71. The van der Waals surface area contributed by atoms with Gasteiger partial charge in [-0.25, -0.2) is 0 Å². The van der Waals surface area contributed by atoms with E-state index in [1.54, 1.807) is 0 Å². The van der Waals surface area contributed by atoms with E-state index in [-0.39, 0.29) is 31.1 Å². The van der Waals surface area contributed by atoms with Gasteiger partial charge in [0.05, 0.1) is 0 Å². The van der Waals surface area contributed by atoms with E-state index < -0.39 is 6.10 Å². The lowest BCUT2D eigenvalue weighted by Gasteiger charge is -2.18. The number of carbonyl (C=O) groups excluding carboxylic acids is 3. The molecule has 0 saturated heterocycles. The fourth-order valence-corrected chi connectivity index (χ4v) is 8.61. The second-order valence-corrected chi connectivity index (χ2v) is 20.8. The van der Waals surface area contributed by atoms with Crippen LogP contribution in [0.5, 0.6) is 0 Å². The number of rotatable bonds is 50. The number of carbonyl (C=O) groups is 3. The molecule has 6 nitrogen and oxygen atoms in total. The van der Waals surface area contributed by atoms with Crippen LogP contribution in [0.3, 0.4) is 0 Å². The molecule has 0 aromatic carbocycles. The quantitative estimate of drug-likeness (QED) is 0.0344. The lowest BCUT2D eigenvalue weighted by atomic mass is 9.99. The molecule has 6 heteroatoms. The molecule has 1 unspecified atom stereocenters. The molecule has 0 rings (SSSR count). The largest absolute Gasteiger partial charge is 0.462 e. The van der Waals surface area contributed by atoms with E-state index in [2.05, 4.69) is 41.5 Å². The summed E-state index contributed by atoms with van der Waals surface area (Å²) in [5.74, 6) is 1.69. The Bertz CT molecular complexity index is 978. The summed E-state index contributed by atoms with van der Waals surface area (Å²) in [6.45, 7) is 13.8. The molecular formula is C57H110O6. The van der Waals surface area contributed by atoms with Crippen LogP contribution in [-0.2, 0) is 28.6 Å². The van der Waals surface area contributed by atoms with Crippen molar-refractivity contribution in [3.05, 3.63) is 0 Å². The van der Waals surface area contributed by atoms with E-state index in [9.17, 15) is 14.4 Å². The van der Waals surface area contributed by atoms with Crippen LogP contribution < -0.4 is 0 Å². The van der Waals surface area contributed by atoms with Crippen molar-refractivity contribution in [3.63, 3.8) is 0 Å². The molecule has 0 radical (unpaired) electrons. The van der Waals surface area contributed by atoms with Crippen molar-refractivity contribution in [2.75, 3.05) is 13.2 Å². The third kappa shape index (κ3) is 49.7. The van der Waals surface area contributed by atoms with Gasteiger partial charge in [0.2, 0.25) is 0 Å². The Balaban J connectivity index is 4.31. The van der Waals surface area contributed by atoms with Gasteiger partial charge < -0.3 is 14.2 Å². The van der Waals surface area contributed by atoms with E-state index in [0.29, 0.717) is 19.3 Å². The predicted octanol–water partition coefficient (Wildman–Crippen LogP) is 18.3. The summed E-state index contributed by atoms with van der Waals surface area (Å²) in [5.41, 5.74) is 0. The Morgan fingerprint density at radius 3 is 0.825 bits per heavy atom. The maximum absolute atomic E-state index is 12.8. The Morgan fingerprint density at radius 1 is 0.317 bits per heavy atom. The lowest BCUT2D eigenvalue weighted by Crippen LogP contribution is -2.30. The lowest BCUT2D eigenvalue weighted by molar-refractivity contribution is -0.167. The molecule has 2 atom stereocenters. The zero-order chi connectivity index (χ0) is 46.3. The molecule has 0 aliphatic heterocycles. The van der Waals surface area contributed by atoms with Crippen molar-refractivity contribution in [2.24, 2.45) is 17.8 Å². The highest BCUT2D eigenvalue weighted by Gasteiger charge is 2.19. The molecule has 63 heavy (non-hydrogen) atoms. The normalized spacial score (nSPS) is 12.6. The van der Waals surface area contributed by atoms with Crippen LogP contribution >= 0.6 is 0 Å². The topological polar surface area (TPSA) is 78.9 Å². The first-order valence-electron chi connectivity index (χ1n) is 28.1. The van der Waals surface area contributed by atoms with Gasteiger partial charge in [-0.15, -0.1) is 0 Å². The van der Waals surface area contributed by atoms with Crippen molar-refractivity contribution in [1.29, 1.82) is 0 Å². The first kappa shape index (κ1) is 61.4. The van der Waals surface area contributed by atoms with Crippen LogP contribution in [0.1, 0.15) is 311 Å². The van der Waals surface area contributed by atoms with Gasteiger partial charge in [-0.2, -0.15) is 0 Å². The molecule has 0 aliphatic rings. The van der Waals surface area contributed by atoms with Gasteiger partial charge in [0, 0.05) is 19.3 Å². The van der Waals surface area contributed by atoms with Crippen molar-refractivity contribution < 1.29 is 28.6 Å². The molecule has 0 amide bonds. The summed E-state index contributed by atoms with van der Waals surface area (Å²) in [4.78, 5) is 38.1. The minimum Gasteiger partial charge on any atom is -0.462 e. The number of unbranched alkanes of at least 4 members (excludes halogenated alkanes) is 32. The van der Waals surface area contributed by atoms with Crippen molar-refractivity contribution >= 4 is 17.9 Å². The molecule has 374 valence electrons. The number of ether oxygens (including phenoxy) is 3. The summed E-state index contributed by atoms with van der Waals surface area (Å²) in [6, 6.07) is 0. The molecule has 0 aromatic rings. The van der Waals surface area contributed by atoms with Crippen LogP contribution in [0.4, 0.5) is 0 Å². The summed E-state index contributed by atoms with van der Waals surface area (Å²) in [7, 11) is 0. The molecule has 0 fully saturated rings. The second kappa shape index (κ2) is 48.3. The SMILES string of the molecule is CCC(C)CCCCCCCCCCCCC(=O)OC[C@H](COC(=O)CCCCCCCCCCCCC(C)C)OC(=O)CCCCCCCCCCCCCCCCCC(C)C. The van der Waals surface area contributed by atoms with Crippen molar-refractivity contribution in [3.8, 4) is 0 Å². The Morgan fingerprint density at radius 2 is 0.556 bits per heavy atom. The monoisotopic (exact) mass is 891 g/mol. The average Bonchev–Trinajstić information content (AvgIpc) is 3.25. The number of hydrogen-bond donors (Lipinski definition) is 0. The Labute approximate surface area is 393 Å². The summed E-state index contributed by atoms with van der Waals surface area (Å²) in [5, 5.41) is 0. The van der Waals surface area contributed by atoms with Crippen LogP contribution in [0.2, 0.25) is 0 Å². The fourth-order valence-electron chi connectivity index (χ4n) is 8.61. The summed E-state index contributed by atoms with van der Waals surface area (Å²) >= 11 is 0. The number of esters is 3. The molecule has 0 aliphatic carbocycles. The molecule has 0 aromatic heterocycles. The predicted molar refractivity (Wildman–Crippen MR) is 270 cm³/mol. The maximum atomic E-state index is 12.8. The average molecular weight is 892 g/mol. The first-order chi connectivity index (χ1) is 30.6. The van der Waals surface area contributed by atoms with Crippen LogP contribution in [0.15, 0.2) is 0 Å². The molecule has 0 heterocycles. The zero-order valence-corrected chi connectivity index (χ0v) is 43.4. The van der Waals surface area contributed by atoms with Crippen molar-refractivity contribution in [1.82, 2.24) is 0 Å². The first-order valence-corrected chi connectivity index (χ1v) is 28.1. The van der Waals surface area contributed by atoms with Gasteiger partial charge in [0.1, 0.15) is 13.2 Å². The molecule has 0 N–H and O–H groups in total. The van der Waals surface area contributed by atoms with Gasteiger partial charge in [-0.05, 0) is 37.0 Å². The molecular weight excluding hydrogens is 781 g/mol. The Kier molecular flexibility index (Phi) is 47.1. The van der Waals surface area contributed by atoms with E-state index in [1.165, 1.54) is 193 Å².